The molecule has 1 aromatic rings. The molecule has 0 saturated heterocycles. The second-order valence-corrected chi connectivity index (χ2v) is 6.42. The number of hydrogen-bond donors (Lipinski definition) is 0. The number of ether oxygens (including phenoxy) is 2. The molecule has 1 aromatic carbocycles. The van der Waals surface area contributed by atoms with Gasteiger partial charge in [0.15, 0.2) is 12.4 Å². The third kappa shape index (κ3) is 5.71. The van der Waals surface area contributed by atoms with Crippen LogP contribution < -0.4 is 4.74 Å². The lowest BCUT2D eigenvalue weighted by molar-refractivity contribution is -0.145. The Bertz CT molecular complexity index is 556. The lowest BCUT2D eigenvalue weighted by Gasteiger charge is -2.15. The zero-order chi connectivity index (χ0) is 16.0. The standard InChI is InChI=1S/C16H19BrO4/c1-16(2,3)14(18)10-21-15(19)8-5-11-9-12(17)6-7-13(11)20-4/h5-9H,10H2,1-4H3/b8-5+. The second-order valence-electron chi connectivity index (χ2n) is 5.50. The van der Waals surface area contributed by atoms with Crippen LogP contribution in [0.5, 0.6) is 5.75 Å². The molecule has 114 valence electrons. The van der Waals surface area contributed by atoms with Gasteiger partial charge in [0.2, 0.25) is 0 Å². The molecule has 0 saturated carbocycles. The maximum Gasteiger partial charge on any atom is 0.331 e. The molecular weight excluding hydrogens is 336 g/mol. The molecule has 1 rings (SSSR count). The van der Waals surface area contributed by atoms with Crippen LogP contribution in [0, 0.1) is 5.41 Å². The van der Waals surface area contributed by atoms with Crippen molar-refractivity contribution in [2.45, 2.75) is 20.8 Å². The molecule has 5 heteroatoms. The van der Waals surface area contributed by atoms with Crippen molar-refractivity contribution in [3.63, 3.8) is 0 Å². The number of carbonyl (C=O) groups is 2. The first-order valence-corrected chi connectivity index (χ1v) is 7.25. The Hall–Kier alpha value is -1.62. The molecule has 0 aliphatic heterocycles. The first-order valence-electron chi connectivity index (χ1n) is 6.45. The van der Waals surface area contributed by atoms with E-state index < -0.39 is 11.4 Å². The van der Waals surface area contributed by atoms with Crippen molar-refractivity contribution < 1.29 is 19.1 Å². The fourth-order valence-corrected chi connectivity index (χ4v) is 1.77. The summed E-state index contributed by atoms with van der Waals surface area (Å²) < 4.78 is 11.0. The van der Waals surface area contributed by atoms with Crippen LogP contribution in [0.2, 0.25) is 0 Å². The molecule has 0 heterocycles. The Labute approximate surface area is 133 Å². The average molecular weight is 355 g/mol. The molecule has 0 bridgehead atoms. The van der Waals surface area contributed by atoms with E-state index in [4.69, 9.17) is 9.47 Å². The number of methoxy groups -OCH3 is 1. The Morgan fingerprint density at radius 2 is 1.95 bits per heavy atom. The largest absolute Gasteiger partial charge is 0.496 e. The summed E-state index contributed by atoms with van der Waals surface area (Å²) in [5.74, 6) is -0.0352. The highest BCUT2D eigenvalue weighted by atomic mass is 79.9. The number of carbonyl (C=O) groups excluding carboxylic acids is 2. The summed E-state index contributed by atoms with van der Waals surface area (Å²) in [5, 5.41) is 0. The Morgan fingerprint density at radius 3 is 2.52 bits per heavy atom. The van der Waals surface area contributed by atoms with Crippen LogP contribution in [0.4, 0.5) is 0 Å². The molecule has 0 aliphatic rings. The van der Waals surface area contributed by atoms with Crippen molar-refractivity contribution in [3.05, 3.63) is 34.3 Å². The predicted molar refractivity (Wildman–Crippen MR) is 85.1 cm³/mol. The highest BCUT2D eigenvalue weighted by Crippen LogP contribution is 2.24. The van der Waals surface area contributed by atoms with E-state index >= 15 is 0 Å². The topological polar surface area (TPSA) is 52.6 Å². The molecule has 0 atom stereocenters. The van der Waals surface area contributed by atoms with Crippen LogP contribution in [0.15, 0.2) is 28.7 Å². The quantitative estimate of drug-likeness (QED) is 0.598. The summed E-state index contributed by atoms with van der Waals surface area (Å²) >= 11 is 3.35. The van der Waals surface area contributed by atoms with Gasteiger partial charge in [0.05, 0.1) is 7.11 Å². The zero-order valence-corrected chi connectivity index (χ0v) is 14.2. The van der Waals surface area contributed by atoms with Gasteiger partial charge in [-0.1, -0.05) is 36.7 Å². The molecular formula is C16H19BrO4. The van der Waals surface area contributed by atoms with Crippen molar-refractivity contribution in [2.75, 3.05) is 13.7 Å². The Balaban J connectivity index is 2.67. The summed E-state index contributed by atoms with van der Waals surface area (Å²) in [5.41, 5.74) is 0.225. The minimum Gasteiger partial charge on any atom is -0.496 e. The molecule has 0 amide bonds. The van der Waals surface area contributed by atoms with E-state index in [-0.39, 0.29) is 12.4 Å². The summed E-state index contributed by atoms with van der Waals surface area (Å²) in [6.07, 6.45) is 2.87. The van der Waals surface area contributed by atoms with Gasteiger partial charge in [-0.2, -0.15) is 0 Å². The molecule has 4 nitrogen and oxygen atoms in total. The van der Waals surface area contributed by atoms with E-state index in [0.29, 0.717) is 5.75 Å². The minimum absolute atomic E-state index is 0.121. The van der Waals surface area contributed by atoms with Gasteiger partial charge in [0.25, 0.3) is 0 Å². The van der Waals surface area contributed by atoms with Gasteiger partial charge < -0.3 is 9.47 Å². The monoisotopic (exact) mass is 354 g/mol. The summed E-state index contributed by atoms with van der Waals surface area (Å²) in [6.45, 7) is 5.13. The third-order valence-electron chi connectivity index (χ3n) is 2.77. The van der Waals surface area contributed by atoms with Crippen LogP contribution in [0.25, 0.3) is 6.08 Å². The van der Waals surface area contributed by atoms with Crippen LogP contribution in [0.3, 0.4) is 0 Å². The first kappa shape index (κ1) is 17.4. The molecule has 0 fully saturated rings. The van der Waals surface area contributed by atoms with E-state index in [1.165, 1.54) is 6.08 Å². The van der Waals surface area contributed by atoms with Gasteiger partial charge in [-0.05, 0) is 24.3 Å². The van der Waals surface area contributed by atoms with E-state index in [0.717, 1.165) is 10.0 Å². The first-order chi connectivity index (χ1) is 9.74. The molecule has 0 unspecified atom stereocenters. The summed E-state index contributed by atoms with van der Waals surface area (Å²) in [7, 11) is 1.56. The maximum absolute atomic E-state index is 11.7. The minimum atomic E-state index is -0.561. The number of benzene rings is 1. The van der Waals surface area contributed by atoms with Crippen molar-refractivity contribution in [1.82, 2.24) is 0 Å². The van der Waals surface area contributed by atoms with Crippen molar-refractivity contribution in [3.8, 4) is 5.75 Å². The number of hydrogen-bond acceptors (Lipinski definition) is 4. The van der Waals surface area contributed by atoms with Crippen molar-refractivity contribution in [2.24, 2.45) is 5.41 Å². The normalized spacial score (nSPS) is 11.5. The van der Waals surface area contributed by atoms with E-state index in [2.05, 4.69) is 15.9 Å². The van der Waals surface area contributed by atoms with E-state index in [1.54, 1.807) is 40.0 Å². The molecule has 0 spiro atoms. The number of rotatable bonds is 5. The summed E-state index contributed by atoms with van der Waals surface area (Å²) in [4.78, 5) is 23.3. The van der Waals surface area contributed by atoms with E-state index in [1.807, 2.05) is 12.1 Å². The number of Topliss-reactive ketones (excluding diaryl/α,β-unsaturated/α-hetero) is 1. The maximum atomic E-state index is 11.7. The van der Waals surface area contributed by atoms with Crippen LogP contribution in [-0.2, 0) is 14.3 Å². The lowest BCUT2D eigenvalue weighted by atomic mass is 9.91. The number of ketones is 1. The van der Waals surface area contributed by atoms with Gasteiger partial charge in [-0.3, -0.25) is 4.79 Å². The molecule has 0 radical (unpaired) electrons. The summed E-state index contributed by atoms with van der Waals surface area (Å²) in [6, 6.07) is 5.46. The molecule has 0 N–H and O–H groups in total. The highest BCUT2D eigenvalue weighted by molar-refractivity contribution is 9.10. The lowest BCUT2D eigenvalue weighted by Crippen LogP contribution is -2.25. The fraction of sp³-hybridized carbons (Fsp3) is 0.375. The van der Waals surface area contributed by atoms with Crippen molar-refractivity contribution in [1.29, 1.82) is 0 Å². The number of halogens is 1. The SMILES string of the molecule is COc1ccc(Br)cc1/C=C/C(=O)OCC(=O)C(C)(C)C. The van der Waals surface area contributed by atoms with Crippen LogP contribution in [0.1, 0.15) is 26.3 Å². The van der Waals surface area contributed by atoms with E-state index in [9.17, 15) is 9.59 Å². The Kier molecular flexibility index (Phi) is 6.15. The zero-order valence-electron chi connectivity index (χ0n) is 12.6. The van der Waals surface area contributed by atoms with Crippen LogP contribution in [-0.4, -0.2) is 25.5 Å². The van der Waals surface area contributed by atoms with Gasteiger partial charge in [0, 0.05) is 21.5 Å². The molecule has 0 aliphatic carbocycles. The smallest absolute Gasteiger partial charge is 0.331 e. The molecule has 21 heavy (non-hydrogen) atoms. The van der Waals surface area contributed by atoms with Gasteiger partial charge in [-0.15, -0.1) is 0 Å². The van der Waals surface area contributed by atoms with Gasteiger partial charge in [0.1, 0.15) is 5.75 Å². The van der Waals surface area contributed by atoms with Crippen molar-refractivity contribution >= 4 is 33.8 Å². The second kappa shape index (κ2) is 7.41. The van der Waals surface area contributed by atoms with Crippen LogP contribution >= 0.6 is 15.9 Å². The highest BCUT2D eigenvalue weighted by Gasteiger charge is 2.21. The Morgan fingerprint density at radius 1 is 1.29 bits per heavy atom. The third-order valence-corrected chi connectivity index (χ3v) is 3.27. The van der Waals surface area contributed by atoms with Gasteiger partial charge >= 0.3 is 5.97 Å². The fourth-order valence-electron chi connectivity index (χ4n) is 1.39. The number of esters is 1. The molecule has 0 aromatic heterocycles. The predicted octanol–water partition coefficient (Wildman–Crippen LogP) is 3.63. The van der Waals surface area contributed by atoms with Gasteiger partial charge in [-0.25, -0.2) is 4.79 Å². The average Bonchev–Trinajstić information content (AvgIpc) is 2.41.